The van der Waals surface area contributed by atoms with E-state index in [1.165, 1.54) is 5.56 Å². The van der Waals surface area contributed by atoms with Crippen LogP contribution in [0.15, 0.2) is 103 Å². The Morgan fingerprint density at radius 1 is 0.571 bits per heavy atom. The second kappa shape index (κ2) is 20.1. The van der Waals surface area contributed by atoms with E-state index in [0.29, 0.717) is 24.7 Å². The Morgan fingerprint density at radius 2 is 1.10 bits per heavy atom. The SMILES string of the molecule is CCOC(=O)CN(CC(=O)OCC)C(=O)c1cc(OCCCCCCOc2ccc(-c3ccccc3)cc2)ccc1OCc1ccccc1. The molecule has 0 aromatic heterocycles. The largest absolute Gasteiger partial charge is 0.494 e. The Kier molecular flexibility index (Phi) is 15.0. The summed E-state index contributed by atoms with van der Waals surface area (Å²) in [6, 6.07) is 32.9. The Morgan fingerprint density at radius 3 is 1.69 bits per heavy atom. The second-order valence-corrected chi connectivity index (χ2v) is 11.2. The van der Waals surface area contributed by atoms with Gasteiger partial charge < -0.3 is 28.6 Å². The molecule has 0 aliphatic carbocycles. The van der Waals surface area contributed by atoms with E-state index in [9.17, 15) is 14.4 Å². The number of hydrogen-bond acceptors (Lipinski definition) is 8. The number of unbranched alkanes of at least 4 members (excludes halogenated alkanes) is 3. The lowest BCUT2D eigenvalue weighted by Crippen LogP contribution is -2.40. The van der Waals surface area contributed by atoms with Crippen LogP contribution in [0.3, 0.4) is 0 Å². The van der Waals surface area contributed by atoms with E-state index < -0.39 is 30.9 Å². The zero-order chi connectivity index (χ0) is 34.7. The van der Waals surface area contributed by atoms with Gasteiger partial charge in [0.05, 0.1) is 32.0 Å². The first-order valence-corrected chi connectivity index (χ1v) is 16.8. The summed E-state index contributed by atoms with van der Waals surface area (Å²) in [5.41, 5.74) is 3.42. The molecule has 0 fully saturated rings. The second-order valence-electron chi connectivity index (χ2n) is 11.2. The molecule has 0 spiro atoms. The predicted molar refractivity (Wildman–Crippen MR) is 188 cm³/mol. The van der Waals surface area contributed by atoms with Gasteiger partial charge in [0.25, 0.3) is 5.91 Å². The molecule has 4 aromatic carbocycles. The van der Waals surface area contributed by atoms with Crippen LogP contribution in [-0.2, 0) is 25.7 Å². The van der Waals surface area contributed by atoms with Gasteiger partial charge in [0.1, 0.15) is 36.9 Å². The summed E-state index contributed by atoms with van der Waals surface area (Å²) in [6.07, 6.45) is 3.67. The van der Waals surface area contributed by atoms with Gasteiger partial charge in [-0.1, -0.05) is 72.8 Å². The molecule has 258 valence electrons. The Hall–Kier alpha value is -5.31. The van der Waals surface area contributed by atoms with Gasteiger partial charge >= 0.3 is 11.9 Å². The van der Waals surface area contributed by atoms with E-state index in [0.717, 1.165) is 47.5 Å². The number of benzene rings is 4. The third kappa shape index (κ3) is 12.3. The van der Waals surface area contributed by atoms with E-state index in [4.69, 9.17) is 23.7 Å². The van der Waals surface area contributed by atoms with Crippen molar-refractivity contribution in [1.29, 1.82) is 0 Å². The molecule has 1 amide bonds. The normalized spacial score (nSPS) is 10.6. The Balaban J connectivity index is 1.31. The smallest absolute Gasteiger partial charge is 0.325 e. The van der Waals surface area contributed by atoms with Gasteiger partial charge in [-0.3, -0.25) is 14.4 Å². The third-order valence-electron chi connectivity index (χ3n) is 7.49. The maximum absolute atomic E-state index is 13.8. The molecule has 0 saturated heterocycles. The van der Waals surface area contributed by atoms with Crippen molar-refractivity contribution in [2.45, 2.75) is 46.1 Å². The van der Waals surface area contributed by atoms with Gasteiger partial charge in [0.15, 0.2) is 0 Å². The van der Waals surface area contributed by atoms with Crippen molar-refractivity contribution in [3.8, 4) is 28.4 Å². The molecule has 4 rings (SSSR count). The van der Waals surface area contributed by atoms with Gasteiger partial charge in [0, 0.05) is 0 Å². The standard InChI is InChI=1S/C40H45NO8/c1-3-45-38(42)28-41(29-39(43)46-4-2)40(44)36-27-35(23-24-37(36)49-30-31-15-9-7-10-16-31)48-26-14-6-5-13-25-47-34-21-19-33(20-22-34)32-17-11-8-12-18-32/h7-12,15-24,27H,3-6,13-14,25-26,28-30H2,1-2H3. The lowest BCUT2D eigenvalue weighted by atomic mass is 10.1. The van der Waals surface area contributed by atoms with Gasteiger partial charge in [-0.2, -0.15) is 0 Å². The Labute approximate surface area is 288 Å². The van der Waals surface area contributed by atoms with E-state index in [2.05, 4.69) is 24.3 Å². The maximum atomic E-state index is 13.8. The molecular weight excluding hydrogens is 622 g/mol. The molecule has 0 aliphatic rings. The minimum atomic E-state index is -0.634. The number of rotatable bonds is 20. The summed E-state index contributed by atoms with van der Waals surface area (Å²) in [4.78, 5) is 39.7. The lowest BCUT2D eigenvalue weighted by molar-refractivity contribution is -0.147. The fourth-order valence-corrected chi connectivity index (χ4v) is 5.03. The average Bonchev–Trinajstić information content (AvgIpc) is 3.12. The minimum Gasteiger partial charge on any atom is -0.494 e. The van der Waals surface area contributed by atoms with Crippen LogP contribution in [0.1, 0.15) is 55.5 Å². The van der Waals surface area contributed by atoms with Crippen LogP contribution in [0, 0.1) is 0 Å². The maximum Gasteiger partial charge on any atom is 0.325 e. The molecule has 0 heterocycles. The van der Waals surface area contributed by atoms with E-state index in [1.54, 1.807) is 32.0 Å². The molecule has 0 aliphatic heterocycles. The number of carbonyl (C=O) groups excluding carboxylic acids is 3. The summed E-state index contributed by atoms with van der Waals surface area (Å²) < 4.78 is 28.1. The minimum absolute atomic E-state index is 0.144. The predicted octanol–water partition coefficient (Wildman–Crippen LogP) is 7.52. The number of hydrogen-bond donors (Lipinski definition) is 0. The van der Waals surface area contributed by atoms with Crippen molar-refractivity contribution >= 4 is 17.8 Å². The van der Waals surface area contributed by atoms with Crippen LogP contribution in [0.4, 0.5) is 0 Å². The summed E-state index contributed by atoms with van der Waals surface area (Å²) in [5, 5.41) is 0. The van der Waals surface area contributed by atoms with Crippen molar-refractivity contribution < 1.29 is 38.1 Å². The zero-order valence-electron chi connectivity index (χ0n) is 28.3. The molecule has 4 aromatic rings. The number of carbonyl (C=O) groups is 3. The highest BCUT2D eigenvalue weighted by Gasteiger charge is 2.26. The number of nitrogens with zero attached hydrogens (tertiary/aromatic N) is 1. The fourth-order valence-electron chi connectivity index (χ4n) is 5.03. The highest BCUT2D eigenvalue weighted by molar-refractivity contribution is 6.00. The number of ether oxygens (including phenoxy) is 5. The zero-order valence-corrected chi connectivity index (χ0v) is 28.3. The van der Waals surface area contributed by atoms with Crippen molar-refractivity contribution in [1.82, 2.24) is 4.90 Å². The molecule has 9 heteroatoms. The molecule has 0 atom stereocenters. The topological polar surface area (TPSA) is 101 Å². The van der Waals surface area contributed by atoms with Gasteiger partial charge in [-0.15, -0.1) is 0 Å². The fraction of sp³-hybridized carbons (Fsp3) is 0.325. The van der Waals surface area contributed by atoms with Crippen LogP contribution >= 0.6 is 0 Å². The van der Waals surface area contributed by atoms with E-state index in [1.807, 2.05) is 60.7 Å². The van der Waals surface area contributed by atoms with E-state index >= 15 is 0 Å². The molecule has 49 heavy (non-hydrogen) atoms. The highest BCUT2D eigenvalue weighted by atomic mass is 16.5. The van der Waals surface area contributed by atoms with Crippen molar-refractivity contribution in [3.05, 3.63) is 114 Å². The van der Waals surface area contributed by atoms with Gasteiger partial charge in [-0.25, -0.2) is 0 Å². The lowest BCUT2D eigenvalue weighted by Gasteiger charge is -2.22. The first kappa shape index (κ1) is 36.5. The quantitative estimate of drug-likeness (QED) is 0.0705. The third-order valence-corrected chi connectivity index (χ3v) is 7.49. The molecule has 9 nitrogen and oxygen atoms in total. The van der Waals surface area contributed by atoms with Gasteiger partial charge in [-0.05, 0) is 86.6 Å². The Bertz CT molecular complexity index is 1570. The highest BCUT2D eigenvalue weighted by Crippen LogP contribution is 2.27. The summed E-state index contributed by atoms with van der Waals surface area (Å²) in [7, 11) is 0. The molecule has 0 N–H and O–H groups in total. The van der Waals surface area contributed by atoms with Crippen LogP contribution in [-0.4, -0.2) is 62.3 Å². The van der Waals surface area contributed by atoms with Crippen LogP contribution in [0.5, 0.6) is 17.2 Å². The van der Waals surface area contributed by atoms with Crippen LogP contribution in [0.2, 0.25) is 0 Å². The van der Waals surface area contributed by atoms with Crippen molar-refractivity contribution in [3.63, 3.8) is 0 Å². The molecule has 0 bridgehead atoms. The molecule has 0 saturated carbocycles. The first-order valence-electron chi connectivity index (χ1n) is 16.8. The molecule has 0 unspecified atom stereocenters. The molecular formula is C40H45NO8. The summed E-state index contributed by atoms with van der Waals surface area (Å²) in [6.45, 7) is 4.10. The van der Waals surface area contributed by atoms with Crippen LogP contribution in [0.25, 0.3) is 11.1 Å². The number of esters is 2. The first-order chi connectivity index (χ1) is 24.0. The number of amides is 1. The monoisotopic (exact) mass is 667 g/mol. The van der Waals surface area contributed by atoms with Crippen molar-refractivity contribution in [2.24, 2.45) is 0 Å². The van der Waals surface area contributed by atoms with Gasteiger partial charge in [0.2, 0.25) is 0 Å². The summed E-state index contributed by atoms with van der Waals surface area (Å²) >= 11 is 0. The molecule has 0 radical (unpaired) electrons. The van der Waals surface area contributed by atoms with Crippen molar-refractivity contribution in [2.75, 3.05) is 39.5 Å². The average molecular weight is 668 g/mol. The van der Waals surface area contributed by atoms with Crippen LogP contribution < -0.4 is 14.2 Å². The van der Waals surface area contributed by atoms with E-state index in [-0.39, 0.29) is 25.4 Å². The summed E-state index contributed by atoms with van der Waals surface area (Å²) in [5.74, 6) is -0.216.